The Labute approximate surface area is 145 Å². The van der Waals surface area contributed by atoms with Crippen molar-refractivity contribution in [3.8, 4) is 0 Å². The minimum atomic E-state index is -0.331. The number of nitrogens with one attached hydrogen (secondary N) is 1. The van der Waals surface area contributed by atoms with Crippen LogP contribution >= 0.6 is 0 Å². The Morgan fingerprint density at radius 2 is 2.20 bits per heavy atom. The number of H-pyrrole nitrogens is 1. The van der Waals surface area contributed by atoms with E-state index in [1.54, 1.807) is 0 Å². The minimum Gasteiger partial charge on any atom is -0.461 e. The molecule has 2 aromatic heterocycles. The highest BCUT2D eigenvalue weighted by Crippen LogP contribution is 2.37. The van der Waals surface area contributed by atoms with Crippen LogP contribution in [0, 0.1) is 0 Å². The lowest BCUT2D eigenvalue weighted by Gasteiger charge is -2.26. The molecule has 1 aliphatic carbocycles. The monoisotopic (exact) mass is 343 g/mol. The van der Waals surface area contributed by atoms with Gasteiger partial charge in [-0.25, -0.2) is 4.98 Å². The summed E-state index contributed by atoms with van der Waals surface area (Å²) in [6.45, 7) is 3.54. The lowest BCUT2D eigenvalue weighted by molar-refractivity contribution is -0.142. The van der Waals surface area contributed by atoms with Gasteiger partial charge in [0.05, 0.1) is 17.8 Å². The molecule has 1 fully saturated rings. The molecule has 7 nitrogen and oxygen atoms in total. The smallest absolute Gasteiger partial charge is 0.303 e. The molecular weight excluding hydrogens is 322 g/mol. The number of aromatic amines is 1. The normalized spacial score (nSPS) is 17.3. The Morgan fingerprint density at radius 1 is 1.40 bits per heavy atom. The van der Waals surface area contributed by atoms with Crippen molar-refractivity contribution in [2.24, 2.45) is 0 Å². The summed E-state index contributed by atoms with van der Waals surface area (Å²) in [5.74, 6) is 2.40. The summed E-state index contributed by atoms with van der Waals surface area (Å²) >= 11 is 0. The number of nitrogens with zero attached hydrogens (tertiary/aromatic N) is 2. The van der Waals surface area contributed by atoms with Crippen molar-refractivity contribution in [2.45, 2.75) is 51.8 Å². The number of furan rings is 1. The van der Waals surface area contributed by atoms with Crippen LogP contribution in [0.4, 0.5) is 0 Å². The van der Waals surface area contributed by atoms with Crippen molar-refractivity contribution in [3.05, 3.63) is 51.1 Å². The second-order valence-electron chi connectivity index (χ2n) is 6.76. The van der Waals surface area contributed by atoms with Gasteiger partial charge in [-0.2, -0.15) is 0 Å². The molecule has 0 unspecified atom stereocenters. The van der Waals surface area contributed by atoms with E-state index >= 15 is 0 Å². The first-order valence-electron chi connectivity index (χ1n) is 8.64. The first kappa shape index (κ1) is 16.1. The zero-order valence-electron chi connectivity index (χ0n) is 14.2. The summed E-state index contributed by atoms with van der Waals surface area (Å²) in [7, 11) is 0. The van der Waals surface area contributed by atoms with Crippen molar-refractivity contribution in [1.29, 1.82) is 0 Å². The molecule has 7 heteroatoms. The highest BCUT2D eigenvalue weighted by atomic mass is 16.5. The third-order valence-electron chi connectivity index (χ3n) is 4.64. The Morgan fingerprint density at radius 3 is 2.96 bits per heavy atom. The zero-order chi connectivity index (χ0) is 17.4. The quantitative estimate of drug-likeness (QED) is 0.834. The van der Waals surface area contributed by atoms with Crippen molar-refractivity contribution in [1.82, 2.24) is 14.9 Å². The van der Waals surface area contributed by atoms with Crippen molar-refractivity contribution in [3.63, 3.8) is 0 Å². The number of aromatic nitrogens is 2. The van der Waals surface area contributed by atoms with Crippen LogP contribution in [0.25, 0.3) is 0 Å². The van der Waals surface area contributed by atoms with E-state index < -0.39 is 0 Å². The molecule has 0 aromatic carbocycles. The Kier molecular flexibility index (Phi) is 4.17. The van der Waals surface area contributed by atoms with Crippen LogP contribution in [0.15, 0.2) is 21.3 Å². The van der Waals surface area contributed by atoms with Crippen LogP contribution in [-0.2, 0) is 35.6 Å². The molecule has 0 radical (unpaired) electrons. The second kappa shape index (κ2) is 6.48. The third kappa shape index (κ3) is 3.66. The number of esters is 1. The molecule has 0 saturated heterocycles. The molecular formula is C18H21N3O4. The third-order valence-corrected chi connectivity index (χ3v) is 4.64. The van der Waals surface area contributed by atoms with Crippen LogP contribution in [0.5, 0.6) is 0 Å². The predicted octanol–water partition coefficient (Wildman–Crippen LogP) is 1.86. The molecule has 1 aliphatic heterocycles. The molecule has 25 heavy (non-hydrogen) atoms. The highest BCUT2D eigenvalue weighted by Gasteiger charge is 2.29. The van der Waals surface area contributed by atoms with Gasteiger partial charge in [-0.3, -0.25) is 14.5 Å². The molecule has 3 heterocycles. The van der Waals surface area contributed by atoms with Gasteiger partial charge < -0.3 is 14.1 Å². The highest BCUT2D eigenvalue weighted by molar-refractivity contribution is 5.65. The molecule has 2 aliphatic rings. The fraction of sp³-hybridized carbons (Fsp3) is 0.500. The maximum Gasteiger partial charge on any atom is 0.303 e. The van der Waals surface area contributed by atoms with Gasteiger partial charge in [0.15, 0.2) is 0 Å². The number of carbonyl (C=O) groups excluding carboxylic acids is 1. The number of carbonyl (C=O) groups is 1. The SMILES string of the molecule is CC(=O)OCc1ccc(CN2CCc3nc(C4CC4)[nH]c(=O)c3C2)o1. The molecule has 4 rings (SSSR count). The van der Waals surface area contributed by atoms with E-state index in [0.717, 1.165) is 48.6 Å². The lowest BCUT2D eigenvalue weighted by Crippen LogP contribution is -2.35. The van der Waals surface area contributed by atoms with Crippen LogP contribution in [-0.4, -0.2) is 27.4 Å². The van der Waals surface area contributed by atoms with Crippen LogP contribution in [0.2, 0.25) is 0 Å². The van der Waals surface area contributed by atoms with Gasteiger partial charge in [-0.05, 0) is 25.0 Å². The number of hydrogen-bond acceptors (Lipinski definition) is 6. The topological polar surface area (TPSA) is 88.4 Å². The predicted molar refractivity (Wildman–Crippen MR) is 88.8 cm³/mol. The second-order valence-corrected chi connectivity index (χ2v) is 6.76. The summed E-state index contributed by atoms with van der Waals surface area (Å²) in [6.07, 6.45) is 3.03. The Hall–Kier alpha value is -2.41. The molecule has 2 aromatic rings. The van der Waals surface area contributed by atoms with E-state index in [-0.39, 0.29) is 18.1 Å². The Balaban J connectivity index is 1.42. The number of ether oxygens (including phenoxy) is 1. The molecule has 0 amide bonds. The van der Waals surface area contributed by atoms with Crippen LogP contribution < -0.4 is 5.56 Å². The molecule has 1 saturated carbocycles. The Bertz CT molecular complexity index is 850. The number of hydrogen-bond donors (Lipinski definition) is 1. The van der Waals surface area contributed by atoms with Gasteiger partial charge in [0.1, 0.15) is 24.0 Å². The summed E-state index contributed by atoms with van der Waals surface area (Å²) in [5, 5.41) is 0. The van der Waals surface area contributed by atoms with Gasteiger partial charge in [-0.15, -0.1) is 0 Å². The fourth-order valence-electron chi connectivity index (χ4n) is 3.16. The molecule has 132 valence electrons. The summed E-state index contributed by atoms with van der Waals surface area (Å²) in [5.41, 5.74) is 1.70. The number of fused-ring (bicyclic) bond motifs is 1. The van der Waals surface area contributed by atoms with Crippen molar-refractivity contribution >= 4 is 5.97 Å². The van der Waals surface area contributed by atoms with Crippen LogP contribution in [0.3, 0.4) is 0 Å². The zero-order valence-corrected chi connectivity index (χ0v) is 14.2. The first-order valence-corrected chi connectivity index (χ1v) is 8.64. The fourth-order valence-corrected chi connectivity index (χ4v) is 3.16. The first-order chi connectivity index (χ1) is 12.1. The average molecular weight is 343 g/mol. The summed E-state index contributed by atoms with van der Waals surface area (Å²) in [4.78, 5) is 33.0. The maximum absolute atomic E-state index is 12.4. The summed E-state index contributed by atoms with van der Waals surface area (Å²) < 4.78 is 10.6. The van der Waals surface area contributed by atoms with E-state index in [0.29, 0.717) is 24.8 Å². The molecule has 0 atom stereocenters. The van der Waals surface area contributed by atoms with E-state index in [2.05, 4.69) is 14.9 Å². The largest absolute Gasteiger partial charge is 0.461 e. The minimum absolute atomic E-state index is 0.00779. The maximum atomic E-state index is 12.4. The van der Waals surface area contributed by atoms with E-state index in [1.165, 1.54) is 6.92 Å². The van der Waals surface area contributed by atoms with E-state index in [4.69, 9.17) is 9.15 Å². The van der Waals surface area contributed by atoms with Gasteiger partial charge in [0.25, 0.3) is 5.56 Å². The van der Waals surface area contributed by atoms with Gasteiger partial charge >= 0.3 is 5.97 Å². The average Bonchev–Trinajstić information content (AvgIpc) is 3.34. The van der Waals surface area contributed by atoms with E-state index in [1.807, 2.05) is 12.1 Å². The number of rotatable bonds is 5. The summed E-state index contributed by atoms with van der Waals surface area (Å²) in [6, 6.07) is 3.69. The van der Waals surface area contributed by atoms with Crippen LogP contribution in [0.1, 0.15) is 54.3 Å². The molecule has 0 spiro atoms. The van der Waals surface area contributed by atoms with Gasteiger partial charge in [-0.1, -0.05) is 0 Å². The lowest BCUT2D eigenvalue weighted by atomic mass is 10.1. The van der Waals surface area contributed by atoms with E-state index in [9.17, 15) is 9.59 Å². The standard InChI is InChI=1S/C18H21N3O4/c1-11(22)24-10-14-5-4-13(25-14)8-21-7-6-16-15(9-21)18(23)20-17(19-16)12-2-3-12/h4-5,12H,2-3,6-10H2,1H3,(H,19,20,23). The molecule has 0 bridgehead atoms. The van der Waals surface area contributed by atoms with Gasteiger partial charge in [0.2, 0.25) is 0 Å². The van der Waals surface area contributed by atoms with Crippen molar-refractivity contribution in [2.75, 3.05) is 6.54 Å². The van der Waals surface area contributed by atoms with Gasteiger partial charge in [0, 0.05) is 32.4 Å². The van der Waals surface area contributed by atoms with Crippen molar-refractivity contribution < 1.29 is 13.9 Å². The molecule has 1 N–H and O–H groups in total.